The fraction of sp³-hybridized carbons (Fsp3) is 0.423. The maximum absolute atomic E-state index is 13.5. The largest absolute Gasteiger partial charge is 0.393 e. The number of nitrogens with zero attached hydrogens (tertiary/aromatic N) is 3. The number of amides is 1. The Bertz CT molecular complexity index is 1280. The quantitative estimate of drug-likeness (QED) is 0.393. The van der Waals surface area contributed by atoms with Gasteiger partial charge in [0.05, 0.1) is 11.8 Å². The van der Waals surface area contributed by atoms with Crippen molar-refractivity contribution in [3.05, 3.63) is 64.8 Å². The number of halogens is 6. The number of nitrogens with one attached hydrogen (secondary N) is 1. The van der Waals surface area contributed by atoms with E-state index >= 15 is 0 Å². The van der Waals surface area contributed by atoms with Gasteiger partial charge >= 0.3 is 12.4 Å². The SMILES string of the molecule is Cc1cc(-c2ccc(N3C[C@H](C(F)(F)F)C[C@H](C(F)(F)F)C3)cc2CNC(=O)c2cc(C)on2)cc(C)n1. The van der Waals surface area contributed by atoms with Crippen molar-refractivity contribution in [3.8, 4) is 11.1 Å². The first kappa shape index (κ1) is 27.5. The molecular weight excluding hydrogens is 514 g/mol. The number of hydrogen-bond donors (Lipinski definition) is 1. The van der Waals surface area contributed by atoms with Crippen LogP contribution in [0.2, 0.25) is 0 Å². The van der Waals surface area contributed by atoms with E-state index in [0.29, 0.717) is 16.9 Å². The van der Waals surface area contributed by atoms with Gasteiger partial charge in [0.15, 0.2) is 5.69 Å². The van der Waals surface area contributed by atoms with Crippen LogP contribution >= 0.6 is 0 Å². The van der Waals surface area contributed by atoms with Crippen molar-refractivity contribution >= 4 is 11.6 Å². The minimum absolute atomic E-state index is 0.0480. The smallest absolute Gasteiger partial charge is 0.370 e. The first-order valence-corrected chi connectivity index (χ1v) is 11.9. The van der Waals surface area contributed by atoms with E-state index in [1.165, 1.54) is 18.2 Å². The summed E-state index contributed by atoms with van der Waals surface area (Å²) in [5, 5.41) is 6.38. The maximum Gasteiger partial charge on any atom is 0.393 e. The number of alkyl halides is 6. The van der Waals surface area contributed by atoms with Crippen LogP contribution < -0.4 is 10.2 Å². The van der Waals surface area contributed by atoms with Gasteiger partial charge in [0.1, 0.15) is 5.76 Å². The van der Waals surface area contributed by atoms with E-state index in [0.717, 1.165) is 21.9 Å². The van der Waals surface area contributed by atoms with Crippen molar-refractivity contribution < 1.29 is 35.7 Å². The maximum atomic E-state index is 13.5. The monoisotopic (exact) mass is 540 g/mol. The van der Waals surface area contributed by atoms with Crippen molar-refractivity contribution in [2.75, 3.05) is 18.0 Å². The Morgan fingerprint density at radius 3 is 2.11 bits per heavy atom. The fourth-order valence-electron chi connectivity index (χ4n) is 4.72. The van der Waals surface area contributed by atoms with E-state index in [2.05, 4.69) is 15.5 Å². The molecule has 2 atom stereocenters. The third-order valence-electron chi connectivity index (χ3n) is 6.52. The second-order valence-electron chi connectivity index (χ2n) is 9.60. The van der Waals surface area contributed by atoms with E-state index in [-0.39, 0.29) is 17.9 Å². The van der Waals surface area contributed by atoms with Crippen molar-refractivity contribution in [2.45, 2.75) is 46.1 Å². The number of pyridine rings is 1. The Kier molecular flexibility index (Phi) is 7.44. The standard InChI is InChI=1S/C26H26F6N4O2/c1-14-6-17(7-15(2)34-14)22-5-4-21(9-18(22)11-33-24(37)23-8-16(3)38-35-23)36-12-19(25(27,28)29)10-20(13-36)26(30,31)32/h4-9,19-20H,10-13H2,1-3H3,(H,33,37)/t19-,20+. The molecule has 0 unspecified atom stereocenters. The highest BCUT2D eigenvalue weighted by atomic mass is 19.4. The van der Waals surface area contributed by atoms with Crippen LogP contribution in [0.25, 0.3) is 11.1 Å². The summed E-state index contributed by atoms with van der Waals surface area (Å²) < 4.78 is 86.2. The Morgan fingerprint density at radius 2 is 1.58 bits per heavy atom. The Morgan fingerprint density at radius 1 is 0.974 bits per heavy atom. The minimum Gasteiger partial charge on any atom is -0.370 e. The highest BCUT2D eigenvalue weighted by molar-refractivity contribution is 5.92. The minimum atomic E-state index is -4.76. The molecule has 6 nitrogen and oxygen atoms in total. The summed E-state index contributed by atoms with van der Waals surface area (Å²) in [6.07, 6.45) is -10.5. The van der Waals surface area contributed by atoms with Gasteiger partial charge in [-0.1, -0.05) is 11.2 Å². The van der Waals surface area contributed by atoms with Crippen LogP contribution in [0.3, 0.4) is 0 Å². The molecule has 1 aliphatic heterocycles. The van der Waals surface area contributed by atoms with Gasteiger partial charge in [-0.3, -0.25) is 9.78 Å². The lowest BCUT2D eigenvalue weighted by Gasteiger charge is -2.40. The summed E-state index contributed by atoms with van der Waals surface area (Å²) in [4.78, 5) is 18.1. The average molecular weight is 541 g/mol. The lowest BCUT2D eigenvalue weighted by Crippen LogP contribution is -2.49. The average Bonchev–Trinajstić information content (AvgIpc) is 3.26. The molecule has 0 saturated carbocycles. The molecular formula is C26H26F6N4O2. The van der Waals surface area contributed by atoms with Gasteiger partial charge in [-0.2, -0.15) is 26.3 Å². The van der Waals surface area contributed by atoms with Crippen molar-refractivity contribution in [1.29, 1.82) is 0 Å². The van der Waals surface area contributed by atoms with Gasteiger partial charge in [0.25, 0.3) is 5.91 Å². The number of rotatable bonds is 5. The molecule has 204 valence electrons. The number of carbonyl (C=O) groups is 1. The number of aryl methyl sites for hydroxylation is 3. The van der Waals surface area contributed by atoms with Crippen molar-refractivity contribution in [3.63, 3.8) is 0 Å². The van der Waals surface area contributed by atoms with Gasteiger partial charge in [0.2, 0.25) is 0 Å². The van der Waals surface area contributed by atoms with Crippen molar-refractivity contribution in [1.82, 2.24) is 15.5 Å². The molecule has 0 spiro atoms. The Balaban J connectivity index is 1.71. The number of hydrogen-bond acceptors (Lipinski definition) is 5. The van der Waals surface area contributed by atoms with Gasteiger partial charge in [0, 0.05) is 42.8 Å². The van der Waals surface area contributed by atoms with E-state index < -0.39 is 49.6 Å². The Hall–Kier alpha value is -3.57. The summed E-state index contributed by atoms with van der Waals surface area (Å²) >= 11 is 0. The molecule has 1 saturated heterocycles. The molecule has 1 N–H and O–H groups in total. The summed E-state index contributed by atoms with van der Waals surface area (Å²) in [6.45, 7) is 4.01. The molecule has 0 radical (unpaired) electrons. The molecule has 12 heteroatoms. The normalized spacial score (nSPS) is 18.5. The van der Waals surface area contributed by atoms with E-state index in [1.807, 2.05) is 26.0 Å². The predicted octanol–water partition coefficient (Wildman–Crippen LogP) is 6.16. The number of benzene rings is 1. The molecule has 1 fully saturated rings. The molecule has 3 aromatic rings. The first-order valence-electron chi connectivity index (χ1n) is 11.9. The number of aromatic nitrogens is 2. The highest BCUT2D eigenvalue weighted by Gasteiger charge is 2.51. The van der Waals surface area contributed by atoms with Crippen LogP contribution in [0.5, 0.6) is 0 Å². The predicted molar refractivity (Wildman–Crippen MR) is 127 cm³/mol. The number of piperidine rings is 1. The zero-order valence-corrected chi connectivity index (χ0v) is 20.9. The number of carbonyl (C=O) groups excluding carboxylic acids is 1. The molecule has 4 rings (SSSR count). The van der Waals surface area contributed by atoms with E-state index in [9.17, 15) is 31.1 Å². The third-order valence-corrected chi connectivity index (χ3v) is 6.52. The molecule has 0 bridgehead atoms. The summed E-state index contributed by atoms with van der Waals surface area (Å²) in [5.41, 5.74) is 3.65. The second-order valence-corrected chi connectivity index (χ2v) is 9.60. The molecule has 1 aromatic carbocycles. The lowest BCUT2D eigenvalue weighted by atomic mass is 9.87. The van der Waals surface area contributed by atoms with E-state index in [1.54, 1.807) is 13.0 Å². The molecule has 0 aliphatic carbocycles. The fourth-order valence-corrected chi connectivity index (χ4v) is 4.72. The van der Waals surface area contributed by atoms with Crippen LogP contribution in [-0.2, 0) is 6.54 Å². The summed E-state index contributed by atoms with van der Waals surface area (Å²) in [7, 11) is 0. The molecule has 3 heterocycles. The topological polar surface area (TPSA) is 71.3 Å². The number of anilines is 1. The van der Waals surface area contributed by atoms with Gasteiger partial charge in [-0.15, -0.1) is 0 Å². The second kappa shape index (κ2) is 10.3. The van der Waals surface area contributed by atoms with Gasteiger partial charge in [-0.05, 0) is 68.1 Å². The van der Waals surface area contributed by atoms with Crippen LogP contribution in [0, 0.1) is 32.6 Å². The Labute approximate surface area is 215 Å². The zero-order valence-electron chi connectivity index (χ0n) is 20.9. The zero-order chi connectivity index (χ0) is 27.8. The van der Waals surface area contributed by atoms with Gasteiger partial charge in [-0.25, -0.2) is 0 Å². The first-order chi connectivity index (χ1) is 17.7. The summed E-state index contributed by atoms with van der Waals surface area (Å²) in [6, 6.07) is 9.76. The molecule has 38 heavy (non-hydrogen) atoms. The van der Waals surface area contributed by atoms with Crippen LogP contribution in [0.15, 0.2) is 40.9 Å². The van der Waals surface area contributed by atoms with Crippen molar-refractivity contribution in [2.24, 2.45) is 11.8 Å². The molecule has 1 amide bonds. The molecule has 1 aliphatic rings. The summed E-state index contributed by atoms with van der Waals surface area (Å²) in [5.74, 6) is -4.34. The molecule has 2 aromatic heterocycles. The lowest BCUT2D eigenvalue weighted by molar-refractivity contribution is -0.214. The van der Waals surface area contributed by atoms with Crippen LogP contribution in [-0.4, -0.2) is 41.5 Å². The van der Waals surface area contributed by atoms with Crippen LogP contribution in [0.1, 0.15) is 39.6 Å². The van der Waals surface area contributed by atoms with Crippen LogP contribution in [0.4, 0.5) is 32.0 Å². The third kappa shape index (κ3) is 6.28. The van der Waals surface area contributed by atoms with Gasteiger partial charge < -0.3 is 14.7 Å². The highest BCUT2D eigenvalue weighted by Crippen LogP contribution is 2.43. The van der Waals surface area contributed by atoms with E-state index in [4.69, 9.17) is 4.52 Å².